The predicted octanol–water partition coefficient (Wildman–Crippen LogP) is 1.70. The molecular formula is C12H16FN3O3. The average molecular weight is 269 g/mol. The van der Waals surface area contributed by atoms with Crippen LogP contribution in [0, 0.1) is 15.9 Å². The topological polar surface area (TPSA) is 75.5 Å². The number of benzene rings is 1. The number of amides is 1. The standard InChI is InChI=1S/C12H16FN3O3/c1-3-7-15(8-11(17)14-2)10-6-4-5-9(13)12(10)16(18)19/h4-6H,3,7-8H2,1-2H3,(H,14,17). The largest absolute Gasteiger partial charge is 0.358 e. The summed E-state index contributed by atoms with van der Waals surface area (Å²) in [6.45, 7) is 2.26. The van der Waals surface area contributed by atoms with Crippen LogP contribution in [0.5, 0.6) is 0 Å². The molecule has 0 atom stereocenters. The first-order chi connectivity index (χ1) is 9.01. The van der Waals surface area contributed by atoms with Gasteiger partial charge in [-0.2, -0.15) is 4.39 Å². The van der Waals surface area contributed by atoms with Crippen molar-refractivity contribution in [1.82, 2.24) is 5.32 Å². The summed E-state index contributed by atoms with van der Waals surface area (Å²) in [6.07, 6.45) is 0.685. The lowest BCUT2D eigenvalue weighted by molar-refractivity contribution is -0.386. The molecule has 0 aromatic heterocycles. The Morgan fingerprint density at radius 1 is 1.53 bits per heavy atom. The van der Waals surface area contributed by atoms with Crippen LogP contribution in [0.2, 0.25) is 0 Å². The Kier molecular flexibility index (Phi) is 5.23. The Morgan fingerprint density at radius 3 is 2.74 bits per heavy atom. The Labute approximate surface area is 110 Å². The molecule has 104 valence electrons. The third-order valence-corrected chi connectivity index (χ3v) is 2.60. The maximum atomic E-state index is 13.6. The monoisotopic (exact) mass is 269 g/mol. The maximum absolute atomic E-state index is 13.6. The molecular weight excluding hydrogens is 253 g/mol. The van der Waals surface area contributed by atoms with Gasteiger partial charge in [-0.25, -0.2) is 0 Å². The molecule has 0 aliphatic rings. The van der Waals surface area contributed by atoms with E-state index in [0.717, 1.165) is 6.07 Å². The number of halogens is 1. The van der Waals surface area contributed by atoms with Gasteiger partial charge in [0.25, 0.3) is 0 Å². The Bertz CT molecular complexity index is 479. The lowest BCUT2D eigenvalue weighted by Gasteiger charge is -2.23. The number of rotatable bonds is 6. The highest BCUT2D eigenvalue weighted by Crippen LogP contribution is 2.30. The Hall–Kier alpha value is -2.18. The van der Waals surface area contributed by atoms with Gasteiger partial charge in [-0.1, -0.05) is 13.0 Å². The van der Waals surface area contributed by atoms with E-state index < -0.39 is 16.4 Å². The van der Waals surface area contributed by atoms with Crippen molar-refractivity contribution in [3.63, 3.8) is 0 Å². The summed E-state index contributed by atoms with van der Waals surface area (Å²) in [5.41, 5.74) is -0.477. The van der Waals surface area contributed by atoms with E-state index >= 15 is 0 Å². The van der Waals surface area contributed by atoms with Crippen molar-refractivity contribution in [3.8, 4) is 0 Å². The molecule has 7 heteroatoms. The molecule has 0 bridgehead atoms. The van der Waals surface area contributed by atoms with Gasteiger partial charge < -0.3 is 10.2 Å². The van der Waals surface area contributed by atoms with Crippen molar-refractivity contribution < 1.29 is 14.1 Å². The van der Waals surface area contributed by atoms with Crippen molar-refractivity contribution >= 4 is 17.3 Å². The fraction of sp³-hybridized carbons (Fsp3) is 0.417. The van der Waals surface area contributed by atoms with Gasteiger partial charge in [-0.15, -0.1) is 0 Å². The zero-order chi connectivity index (χ0) is 14.4. The normalized spacial score (nSPS) is 10.1. The van der Waals surface area contributed by atoms with Gasteiger partial charge in [0.15, 0.2) is 0 Å². The molecule has 6 nitrogen and oxygen atoms in total. The number of hydrogen-bond acceptors (Lipinski definition) is 4. The lowest BCUT2D eigenvalue weighted by atomic mass is 10.2. The third-order valence-electron chi connectivity index (χ3n) is 2.60. The first-order valence-corrected chi connectivity index (χ1v) is 5.89. The number of hydrogen-bond donors (Lipinski definition) is 1. The molecule has 0 aliphatic heterocycles. The van der Waals surface area contributed by atoms with Gasteiger partial charge in [0.2, 0.25) is 11.7 Å². The molecule has 19 heavy (non-hydrogen) atoms. The molecule has 1 aromatic carbocycles. The van der Waals surface area contributed by atoms with Crippen molar-refractivity contribution in [3.05, 3.63) is 34.1 Å². The molecule has 0 saturated carbocycles. The van der Waals surface area contributed by atoms with E-state index in [0.29, 0.717) is 13.0 Å². The second kappa shape index (κ2) is 6.67. The number of nitrogens with zero attached hydrogens (tertiary/aromatic N) is 2. The molecule has 1 N–H and O–H groups in total. The summed E-state index contributed by atoms with van der Waals surface area (Å²) in [6, 6.07) is 3.87. The summed E-state index contributed by atoms with van der Waals surface area (Å²) in [7, 11) is 1.48. The van der Waals surface area contributed by atoms with Crippen molar-refractivity contribution in [2.45, 2.75) is 13.3 Å². The van der Waals surface area contributed by atoms with Crippen molar-refractivity contribution in [2.24, 2.45) is 0 Å². The molecule has 0 radical (unpaired) electrons. The number of nitrogens with one attached hydrogen (secondary N) is 1. The van der Waals surface area contributed by atoms with Crippen LogP contribution in [-0.4, -0.2) is 31.0 Å². The molecule has 0 saturated heterocycles. The van der Waals surface area contributed by atoms with Crippen molar-refractivity contribution in [1.29, 1.82) is 0 Å². The van der Waals surface area contributed by atoms with E-state index in [1.54, 1.807) is 0 Å². The van der Waals surface area contributed by atoms with Gasteiger partial charge >= 0.3 is 5.69 Å². The fourth-order valence-corrected chi connectivity index (χ4v) is 1.75. The third kappa shape index (κ3) is 3.64. The van der Waals surface area contributed by atoms with Crippen LogP contribution >= 0.6 is 0 Å². The predicted molar refractivity (Wildman–Crippen MR) is 69.6 cm³/mol. The number of para-hydroxylation sites is 1. The van der Waals surface area contributed by atoms with Gasteiger partial charge in [-0.05, 0) is 18.6 Å². The van der Waals surface area contributed by atoms with Gasteiger partial charge in [0.05, 0.1) is 11.5 Å². The Morgan fingerprint density at radius 2 is 2.21 bits per heavy atom. The molecule has 0 aliphatic carbocycles. The summed E-state index contributed by atoms with van der Waals surface area (Å²) in [4.78, 5) is 23.1. The van der Waals surface area contributed by atoms with Crippen LogP contribution < -0.4 is 10.2 Å². The molecule has 0 spiro atoms. The van der Waals surface area contributed by atoms with Crippen molar-refractivity contribution in [2.75, 3.05) is 25.0 Å². The highest BCUT2D eigenvalue weighted by molar-refractivity contribution is 5.82. The van der Waals surface area contributed by atoms with Crippen LogP contribution in [-0.2, 0) is 4.79 Å². The molecule has 1 rings (SSSR count). The van der Waals surface area contributed by atoms with Crippen LogP contribution in [0.25, 0.3) is 0 Å². The first kappa shape index (κ1) is 14.9. The summed E-state index contributed by atoms with van der Waals surface area (Å²) in [5.74, 6) is -1.19. The van der Waals surface area contributed by atoms with Gasteiger partial charge in [0.1, 0.15) is 5.69 Å². The number of carbonyl (C=O) groups is 1. The second-order valence-corrected chi connectivity index (χ2v) is 3.96. The highest BCUT2D eigenvalue weighted by atomic mass is 19.1. The molecule has 0 fully saturated rings. The second-order valence-electron chi connectivity index (χ2n) is 3.96. The molecule has 0 heterocycles. The molecule has 1 aromatic rings. The SMILES string of the molecule is CCCN(CC(=O)NC)c1cccc(F)c1[N+](=O)[O-]. The van der Waals surface area contributed by atoms with E-state index in [1.807, 2.05) is 6.92 Å². The van der Waals surface area contributed by atoms with Crippen LogP contribution in [0.4, 0.5) is 15.8 Å². The lowest BCUT2D eigenvalue weighted by Crippen LogP contribution is -2.36. The minimum Gasteiger partial charge on any atom is -0.358 e. The van der Waals surface area contributed by atoms with E-state index in [-0.39, 0.29) is 18.1 Å². The molecule has 0 unspecified atom stereocenters. The smallest absolute Gasteiger partial charge is 0.327 e. The van der Waals surface area contributed by atoms with E-state index in [2.05, 4.69) is 5.32 Å². The van der Waals surface area contributed by atoms with E-state index in [4.69, 9.17) is 0 Å². The van der Waals surface area contributed by atoms with E-state index in [1.165, 1.54) is 24.1 Å². The zero-order valence-corrected chi connectivity index (χ0v) is 10.9. The quantitative estimate of drug-likeness (QED) is 0.630. The maximum Gasteiger partial charge on any atom is 0.327 e. The van der Waals surface area contributed by atoms with Gasteiger partial charge in [0, 0.05) is 13.6 Å². The zero-order valence-electron chi connectivity index (χ0n) is 10.9. The average Bonchev–Trinajstić information content (AvgIpc) is 2.37. The van der Waals surface area contributed by atoms with E-state index in [9.17, 15) is 19.3 Å². The minimum atomic E-state index is -0.902. The highest BCUT2D eigenvalue weighted by Gasteiger charge is 2.24. The Balaban J connectivity index is 3.18. The van der Waals surface area contributed by atoms with Crippen LogP contribution in [0.1, 0.15) is 13.3 Å². The number of nitro groups is 1. The first-order valence-electron chi connectivity index (χ1n) is 5.89. The molecule has 1 amide bonds. The summed E-state index contributed by atoms with van der Waals surface area (Å²) in [5, 5.41) is 13.4. The number of anilines is 1. The van der Waals surface area contributed by atoms with Crippen LogP contribution in [0.15, 0.2) is 18.2 Å². The number of nitro benzene ring substituents is 1. The van der Waals surface area contributed by atoms with Crippen LogP contribution in [0.3, 0.4) is 0 Å². The minimum absolute atomic E-state index is 0.0470. The number of likely N-dealkylation sites (N-methyl/N-ethyl adjacent to an activating group) is 1. The fourth-order valence-electron chi connectivity index (χ4n) is 1.75. The number of carbonyl (C=O) groups excluding carboxylic acids is 1. The summed E-state index contributed by atoms with van der Waals surface area (Å²) >= 11 is 0. The summed E-state index contributed by atoms with van der Waals surface area (Å²) < 4.78 is 13.6. The van der Waals surface area contributed by atoms with Gasteiger partial charge in [-0.3, -0.25) is 14.9 Å².